The maximum Gasteiger partial charge on any atom is 0.138 e. The molecule has 0 bridgehead atoms. The first-order valence-corrected chi connectivity index (χ1v) is 8.14. The van der Waals surface area contributed by atoms with Crippen LogP contribution in [0.15, 0.2) is 18.2 Å². The van der Waals surface area contributed by atoms with Crippen molar-refractivity contribution in [1.82, 2.24) is 0 Å². The quantitative estimate of drug-likeness (QED) is 0.587. The molecule has 0 saturated heterocycles. The minimum Gasteiger partial charge on any atom is -0.491 e. The van der Waals surface area contributed by atoms with Crippen LogP contribution in [0, 0.1) is 5.41 Å². The minimum absolute atomic E-state index is 0.135. The summed E-state index contributed by atoms with van der Waals surface area (Å²) in [5, 5.41) is 1.19. The highest BCUT2D eigenvalue weighted by Gasteiger charge is 2.28. The molecule has 0 aliphatic heterocycles. The zero-order chi connectivity index (χ0) is 14.3. The van der Waals surface area contributed by atoms with Crippen molar-refractivity contribution in [3.8, 4) is 5.75 Å². The number of hydrogen-bond donors (Lipinski definition) is 1. The van der Waals surface area contributed by atoms with Gasteiger partial charge in [0.1, 0.15) is 5.75 Å². The lowest BCUT2D eigenvalue weighted by Crippen LogP contribution is -2.30. The molecule has 1 rings (SSSR count). The molecule has 0 aromatic heterocycles. The Morgan fingerprint density at radius 3 is 2.26 bits per heavy atom. The molecule has 0 aliphatic rings. The van der Waals surface area contributed by atoms with E-state index >= 15 is 0 Å². The third kappa shape index (κ3) is 5.09. The van der Waals surface area contributed by atoms with E-state index in [4.69, 9.17) is 27.9 Å². The third-order valence-corrected chi connectivity index (χ3v) is 4.53. The van der Waals surface area contributed by atoms with Crippen LogP contribution in [0.4, 0.5) is 0 Å². The van der Waals surface area contributed by atoms with Gasteiger partial charge in [0.2, 0.25) is 0 Å². The summed E-state index contributed by atoms with van der Waals surface area (Å²) in [4.78, 5) is 0. The molecule has 0 N–H and O–H groups in total. The molecule has 0 aliphatic carbocycles. The van der Waals surface area contributed by atoms with E-state index in [1.165, 1.54) is 0 Å². The fourth-order valence-electron chi connectivity index (χ4n) is 2.36. The van der Waals surface area contributed by atoms with Gasteiger partial charge in [0.05, 0.1) is 11.6 Å². The van der Waals surface area contributed by atoms with Gasteiger partial charge in [0, 0.05) is 10.4 Å². The van der Waals surface area contributed by atoms with Crippen molar-refractivity contribution in [2.24, 2.45) is 5.41 Å². The number of hydrogen-bond acceptors (Lipinski definition) is 2. The molecule has 0 saturated carbocycles. The van der Waals surface area contributed by atoms with Gasteiger partial charge in [0.25, 0.3) is 0 Å². The van der Waals surface area contributed by atoms with E-state index in [9.17, 15) is 0 Å². The molecule has 0 amide bonds. The first-order valence-electron chi connectivity index (χ1n) is 6.75. The molecule has 1 nitrogen and oxygen atoms in total. The lowest BCUT2D eigenvalue weighted by Gasteiger charge is -2.32. The first kappa shape index (κ1) is 17.0. The number of ether oxygens (including phenoxy) is 1. The van der Waals surface area contributed by atoms with E-state index in [0.717, 1.165) is 31.4 Å². The SMILES string of the molecule is CCCC(CS)(CCC)COc1ccc(Cl)cc1Cl. The van der Waals surface area contributed by atoms with Gasteiger partial charge in [-0.05, 0) is 36.8 Å². The van der Waals surface area contributed by atoms with E-state index in [1.54, 1.807) is 12.1 Å². The highest BCUT2D eigenvalue weighted by molar-refractivity contribution is 7.80. The molecule has 108 valence electrons. The maximum atomic E-state index is 6.13. The topological polar surface area (TPSA) is 9.23 Å². The van der Waals surface area contributed by atoms with Gasteiger partial charge >= 0.3 is 0 Å². The second kappa shape index (κ2) is 8.28. The van der Waals surface area contributed by atoms with Crippen molar-refractivity contribution in [2.75, 3.05) is 12.4 Å². The average Bonchev–Trinajstić information content (AvgIpc) is 2.38. The molecular weight excluding hydrogens is 299 g/mol. The minimum atomic E-state index is 0.135. The largest absolute Gasteiger partial charge is 0.491 e. The second-order valence-electron chi connectivity index (χ2n) is 5.02. The van der Waals surface area contributed by atoms with E-state index < -0.39 is 0 Å². The van der Waals surface area contributed by atoms with Crippen molar-refractivity contribution in [2.45, 2.75) is 39.5 Å². The summed E-state index contributed by atoms with van der Waals surface area (Å²) in [7, 11) is 0. The summed E-state index contributed by atoms with van der Waals surface area (Å²) in [6, 6.07) is 5.33. The van der Waals surface area contributed by atoms with Crippen molar-refractivity contribution in [3.63, 3.8) is 0 Å². The summed E-state index contributed by atoms with van der Waals surface area (Å²) in [6.07, 6.45) is 4.52. The lowest BCUT2D eigenvalue weighted by atomic mass is 9.82. The van der Waals surface area contributed by atoms with Crippen molar-refractivity contribution in [3.05, 3.63) is 28.2 Å². The summed E-state index contributed by atoms with van der Waals surface area (Å²) in [5.41, 5.74) is 0.135. The van der Waals surface area contributed by atoms with Gasteiger partial charge in [-0.1, -0.05) is 49.9 Å². The average molecular weight is 321 g/mol. The van der Waals surface area contributed by atoms with Gasteiger partial charge in [-0.2, -0.15) is 12.6 Å². The first-order chi connectivity index (χ1) is 9.06. The predicted molar refractivity (Wildman–Crippen MR) is 88.1 cm³/mol. The van der Waals surface area contributed by atoms with Crippen LogP contribution < -0.4 is 4.74 Å². The summed E-state index contributed by atoms with van der Waals surface area (Å²) < 4.78 is 5.91. The number of rotatable bonds is 8. The van der Waals surface area contributed by atoms with Crippen LogP contribution in [0.25, 0.3) is 0 Å². The Balaban J connectivity index is 2.74. The maximum absolute atomic E-state index is 6.13. The monoisotopic (exact) mass is 320 g/mol. The van der Waals surface area contributed by atoms with Gasteiger partial charge in [-0.25, -0.2) is 0 Å². The van der Waals surface area contributed by atoms with Crippen LogP contribution in [0.2, 0.25) is 10.0 Å². The Hall–Kier alpha value is -0.0500. The zero-order valence-electron chi connectivity index (χ0n) is 11.6. The molecule has 0 unspecified atom stereocenters. The van der Waals surface area contributed by atoms with Gasteiger partial charge in [-0.3, -0.25) is 0 Å². The van der Waals surface area contributed by atoms with Crippen LogP contribution in [0.1, 0.15) is 39.5 Å². The highest BCUT2D eigenvalue weighted by atomic mass is 35.5. The van der Waals surface area contributed by atoms with Gasteiger partial charge in [0.15, 0.2) is 0 Å². The smallest absolute Gasteiger partial charge is 0.138 e. The second-order valence-corrected chi connectivity index (χ2v) is 6.18. The summed E-state index contributed by atoms with van der Waals surface area (Å²) in [6.45, 7) is 5.05. The van der Waals surface area contributed by atoms with Crippen LogP contribution in [-0.2, 0) is 0 Å². The molecule has 0 spiro atoms. The fraction of sp³-hybridized carbons (Fsp3) is 0.600. The Bertz CT molecular complexity index is 390. The van der Waals surface area contributed by atoms with E-state index in [-0.39, 0.29) is 5.41 Å². The zero-order valence-corrected chi connectivity index (χ0v) is 14.0. The van der Waals surface area contributed by atoms with Crippen LogP contribution >= 0.6 is 35.8 Å². The third-order valence-electron chi connectivity index (χ3n) is 3.32. The molecule has 1 aromatic rings. The number of thiol groups is 1. The fourth-order valence-corrected chi connectivity index (χ4v) is 3.23. The van der Waals surface area contributed by atoms with Gasteiger partial charge < -0.3 is 4.74 Å². The molecule has 1 aromatic carbocycles. The van der Waals surface area contributed by atoms with E-state index in [1.807, 2.05) is 6.07 Å². The molecule has 4 heteroatoms. The molecule has 0 heterocycles. The lowest BCUT2D eigenvalue weighted by molar-refractivity contribution is 0.144. The molecule has 0 fully saturated rings. The Morgan fingerprint density at radius 2 is 1.79 bits per heavy atom. The summed E-state index contributed by atoms with van der Waals surface area (Å²) in [5.74, 6) is 1.53. The highest BCUT2D eigenvalue weighted by Crippen LogP contribution is 2.34. The Labute approximate surface area is 132 Å². The normalized spacial score (nSPS) is 11.6. The number of halogens is 2. The van der Waals surface area contributed by atoms with Crippen molar-refractivity contribution < 1.29 is 4.74 Å². The van der Waals surface area contributed by atoms with E-state index in [2.05, 4.69) is 26.5 Å². The standard InChI is InChI=1S/C15H22Cl2OS/c1-3-7-15(11-19,8-4-2)10-18-14-6-5-12(16)9-13(14)17/h5-6,9,19H,3-4,7-8,10-11H2,1-2H3. The Kier molecular flexibility index (Phi) is 7.41. The molecule has 19 heavy (non-hydrogen) atoms. The Morgan fingerprint density at radius 1 is 1.16 bits per heavy atom. The van der Waals surface area contributed by atoms with Crippen LogP contribution in [0.5, 0.6) is 5.75 Å². The molecular formula is C15H22Cl2OS. The van der Waals surface area contributed by atoms with Crippen LogP contribution in [0.3, 0.4) is 0 Å². The van der Waals surface area contributed by atoms with Crippen molar-refractivity contribution in [1.29, 1.82) is 0 Å². The number of benzene rings is 1. The van der Waals surface area contributed by atoms with E-state index in [0.29, 0.717) is 22.4 Å². The van der Waals surface area contributed by atoms with Crippen molar-refractivity contribution >= 4 is 35.8 Å². The van der Waals surface area contributed by atoms with Gasteiger partial charge in [-0.15, -0.1) is 0 Å². The molecule has 0 radical (unpaired) electrons. The summed E-state index contributed by atoms with van der Waals surface area (Å²) >= 11 is 16.5. The molecule has 0 atom stereocenters. The predicted octanol–water partition coefficient (Wildman–Crippen LogP) is 5.89. The van der Waals surface area contributed by atoms with Crippen LogP contribution in [-0.4, -0.2) is 12.4 Å².